The molecule has 2 saturated carbocycles. The second-order valence-electron chi connectivity index (χ2n) is 8.08. The first-order chi connectivity index (χ1) is 13.7. The van der Waals surface area contributed by atoms with E-state index in [1.54, 1.807) is 0 Å². The van der Waals surface area contributed by atoms with Crippen molar-refractivity contribution in [2.24, 2.45) is 17.6 Å². The highest BCUT2D eigenvalue weighted by molar-refractivity contribution is 7.13. The van der Waals surface area contributed by atoms with Crippen LogP contribution in [-0.4, -0.2) is 36.2 Å². The van der Waals surface area contributed by atoms with Crippen LogP contribution in [0.15, 0.2) is 23.6 Å². The van der Waals surface area contributed by atoms with Gasteiger partial charge >= 0.3 is 0 Å². The normalized spacial score (nSPS) is 26.7. The third-order valence-electron chi connectivity index (χ3n) is 6.20. The van der Waals surface area contributed by atoms with Gasteiger partial charge in [-0.3, -0.25) is 4.79 Å². The zero-order valence-electron chi connectivity index (χ0n) is 16.5. The zero-order chi connectivity index (χ0) is 19.1. The molecular formula is C21H27Cl2N3O3S. The van der Waals surface area contributed by atoms with E-state index in [1.165, 1.54) is 17.8 Å². The molecule has 2 atom stereocenters. The maximum atomic E-state index is 12.9. The first kappa shape index (κ1) is 23.1. The number of halogens is 2. The summed E-state index contributed by atoms with van der Waals surface area (Å²) >= 11 is 1.48. The third kappa shape index (κ3) is 4.54. The number of amides is 1. The summed E-state index contributed by atoms with van der Waals surface area (Å²) in [5.41, 5.74) is 7.63. The van der Waals surface area contributed by atoms with Crippen LogP contribution in [0.4, 0.5) is 0 Å². The van der Waals surface area contributed by atoms with Crippen molar-refractivity contribution < 1.29 is 14.3 Å². The van der Waals surface area contributed by atoms with Gasteiger partial charge in [0, 0.05) is 23.0 Å². The van der Waals surface area contributed by atoms with E-state index in [0.717, 1.165) is 47.8 Å². The Morgan fingerprint density at radius 2 is 1.80 bits per heavy atom. The molecule has 30 heavy (non-hydrogen) atoms. The van der Waals surface area contributed by atoms with Gasteiger partial charge in [0.05, 0.1) is 0 Å². The smallest absolute Gasteiger partial charge is 0.271 e. The van der Waals surface area contributed by atoms with Gasteiger partial charge < -0.3 is 20.5 Å². The first-order valence-corrected chi connectivity index (χ1v) is 11.0. The Morgan fingerprint density at radius 3 is 2.53 bits per heavy atom. The Bertz CT molecular complexity index is 880. The van der Waals surface area contributed by atoms with Gasteiger partial charge in [0.1, 0.15) is 23.9 Å². The van der Waals surface area contributed by atoms with E-state index in [-0.39, 0.29) is 42.8 Å². The summed E-state index contributed by atoms with van der Waals surface area (Å²) in [7, 11) is 0. The van der Waals surface area contributed by atoms with Crippen LogP contribution < -0.4 is 20.5 Å². The summed E-state index contributed by atoms with van der Waals surface area (Å²) in [6.45, 7) is 1.12. The Hall–Kier alpha value is -1.54. The average Bonchev–Trinajstić information content (AvgIpc) is 3.19. The fraction of sp³-hybridized carbons (Fsp3) is 0.524. The fourth-order valence-electron chi connectivity index (χ4n) is 4.94. The summed E-state index contributed by atoms with van der Waals surface area (Å²) in [6.07, 6.45) is 5.60. The molecule has 0 saturated heterocycles. The number of nitrogens with zero attached hydrogens (tertiary/aromatic N) is 1. The molecule has 0 spiro atoms. The lowest BCUT2D eigenvalue weighted by atomic mass is 9.67. The predicted octanol–water partition coefficient (Wildman–Crippen LogP) is 4.06. The van der Waals surface area contributed by atoms with E-state index in [1.807, 2.05) is 23.6 Å². The maximum absolute atomic E-state index is 12.9. The van der Waals surface area contributed by atoms with E-state index in [0.29, 0.717) is 30.7 Å². The number of fused-ring (bicyclic) bond motifs is 3. The molecule has 0 radical (unpaired) electrons. The second-order valence-corrected chi connectivity index (χ2v) is 8.94. The van der Waals surface area contributed by atoms with Crippen molar-refractivity contribution >= 4 is 42.1 Å². The van der Waals surface area contributed by atoms with Gasteiger partial charge in [-0.15, -0.1) is 36.2 Å². The fourth-order valence-corrected chi connectivity index (χ4v) is 5.73. The van der Waals surface area contributed by atoms with Gasteiger partial charge in [0.15, 0.2) is 11.5 Å². The molecule has 1 aliphatic heterocycles. The Kier molecular flexibility index (Phi) is 7.50. The van der Waals surface area contributed by atoms with Crippen molar-refractivity contribution in [2.75, 3.05) is 13.2 Å². The molecule has 6 nitrogen and oxygen atoms in total. The molecule has 3 aliphatic rings. The molecule has 5 rings (SSSR count). The van der Waals surface area contributed by atoms with Gasteiger partial charge in [-0.05, 0) is 55.7 Å². The van der Waals surface area contributed by atoms with Gasteiger partial charge in [0.25, 0.3) is 5.91 Å². The summed E-state index contributed by atoms with van der Waals surface area (Å²) < 4.78 is 11.2. The molecule has 9 heteroatoms. The highest BCUT2D eigenvalue weighted by atomic mass is 35.5. The molecule has 2 aromatic rings. The number of hydrogen-bond acceptors (Lipinski definition) is 6. The zero-order valence-corrected chi connectivity index (χ0v) is 19.0. The number of hydrogen-bond donors (Lipinski definition) is 2. The minimum atomic E-state index is -0.0718. The van der Waals surface area contributed by atoms with Crippen LogP contribution in [0.5, 0.6) is 11.5 Å². The summed E-state index contributed by atoms with van der Waals surface area (Å²) in [6, 6.07) is 6.31. The average molecular weight is 472 g/mol. The number of benzene rings is 1. The third-order valence-corrected chi connectivity index (χ3v) is 7.09. The first-order valence-electron chi connectivity index (χ1n) is 10.1. The summed E-state index contributed by atoms with van der Waals surface area (Å²) in [5.74, 6) is 2.42. The maximum Gasteiger partial charge on any atom is 0.271 e. The number of ether oxygens (including phenoxy) is 2. The summed E-state index contributed by atoms with van der Waals surface area (Å²) in [5, 5.41) is 5.93. The number of carbonyl (C=O) groups is 1. The monoisotopic (exact) mass is 471 g/mol. The lowest BCUT2D eigenvalue weighted by Crippen LogP contribution is -2.53. The van der Waals surface area contributed by atoms with Crippen molar-refractivity contribution in [2.45, 2.75) is 44.2 Å². The molecule has 1 amide bonds. The number of thiazole rings is 1. The lowest BCUT2D eigenvalue weighted by molar-refractivity contribution is 0.0752. The van der Waals surface area contributed by atoms with Crippen LogP contribution in [0.3, 0.4) is 0 Å². The molecule has 164 valence electrons. The highest BCUT2D eigenvalue weighted by Crippen LogP contribution is 2.40. The SMILES string of the molecule is Cl.Cl.NC1CC2CCCC(C1)C2NC(=O)c1csc(-c2ccc3c(c2)OCCO3)n1. The van der Waals surface area contributed by atoms with E-state index >= 15 is 0 Å². The van der Waals surface area contributed by atoms with Gasteiger partial charge in [-0.1, -0.05) is 6.42 Å². The van der Waals surface area contributed by atoms with Crippen LogP contribution >= 0.6 is 36.2 Å². The highest BCUT2D eigenvalue weighted by Gasteiger charge is 2.40. The van der Waals surface area contributed by atoms with Crippen LogP contribution in [0, 0.1) is 11.8 Å². The van der Waals surface area contributed by atoms with Crippen molar-refractivity contribution in [1.29, 1.82) is 0 Å². The minimum Gasteiger partial charge on any atom is -0.486 e. The second kappa shape index (κ2) is 9.73. The van der Waals surface area contributed by atoms with Crippen molar-refractivity contribution in [3.8, 4) is 22.1 Å². The van der Waals surface area contributed by atoms with Gasteiger partial charge in [-0.2, -0.15) is 0 Å². The molecule has 1 aromatic heterocycles. The van der Waals surface area contributed by atoms with E-state index in [9.17, 15) is 4.79 Å². The molecule has 2 fully saturated rings. The Labute approximate surface area is 192 Å². The lowest BCUT2D eigenvalue weighted by Gasteiger charge is -2.45. The number of aromatic nitrogens is 1. The van der Waals surface area contributed by atoms with Crippen LogP contribution in [-0.2, 0) is 0 Å². The standard InChI is InChI=1S/C21H25N3O3S.2ClH/c22-15-8-12-2-1-3-13(9-15)19(12)24-20(25)16-11-28-21(23-16)14-4-5-17-18(10-14)27-7-6-26-17;;/h4-5,10-13,15,19H,1-3,6-9,22H2,(H,24,25);2*1H. The predicted molar refractivity (Wildman–Crippen MR) is 122 cm³/mol. The number of nitrogens with one attached hydrogen (secondary N) is 1. The van der Waals surface area contributed by atoms with Crippen LogP contribution in [0.2, 0.25) is 0 Å². The van der Waals surface area contributed by atoms with Crippen LogP contribution in [0.1, 0.15) is 42.6 Å². The van der Waals surface area contributed by atoms with Crippen LogP contribution in [0.25, 0.3) is 10.6 Å². The molecule has 2 bridgehead atoms. The number of rotatable bonds is 3. The molecular weight excluding hydrogens is 445 g/mol. The molecule has 3 N–H and O–H groups in total. The molecule has 2 aliphatic carbocycles. The Balaban J connectivity index is 0.00000128. The Morgan fingerprint density at radius 1 is 1.10 bits per heavy atom. The summed E-state index contributed by atoms with van der Waals surface area (Å²) in [4.78, 5) is 17.4. The topological polar surface area (TPSA) is 86.5 Å². The van der Waals surface area contributed by atoms with Gasteiger partial charge in [0.2, 0.25) is 0 Å². The number of carbonyl (C=O) groups excluding carboxylic acids is 1. The molecule has 1 aromatic carbocycles. The van der Waals surface area contributed by atoms with Crippen molar-refractivity contribution in [3.63, 3.8) is 0 Å². The van der Waals surface area contributed by atoms with E-state index in [4.69, 9.17) is 15.2 Å². The van der Waals surface area contributed by atoms with E-state index in [2.05, 4.69) is 10.3 Å². The van der Waals surface area contributed by atoms with E-state index < -0.39 is 0 Å². The quantitative estimate of drug-likeness (QED) is 0.704. The largest absolute Gasteiger partial charge is 0.486 e. The van der Waals surface area contributed by atoms with Crippen molar-refractivity contribution in [1.82, 2.24) is 10.3 Å². The van der Waals surface area contributed by atoms with Crippen molar-refractivity contribution in [3.05, 3.63) is 29.3 Å². The molecule has 2 heterocycles. The molecule has 2 unspecified atom stereocenters. The van der Waals surface area contributed by atoms with Gasteiger partial charge in [-0.25, -0.2) is 4.98 Å². The minimum absolute atomic E-state index is 0. The number of nitrogens with two attached hydrogens (primary N) is 1.